The maximum atomic E-state index is 12.8. The van der Waals surface area contributed by atoms with Crippen LogP contribution >= 0.6 is 0 Å². The molecule has 6 nitrogen and oxygen atoms in total. The third-order valence-electron chi connectivity index (χ3n) is 6.44. The highest BCUT2D eigenvalue weighted by Gasteiger charge is 2.40. The molecule has 2 heterocycles. The van der Waals surface area contributed by atoms with Gasteiger partial charge >= 0.3 is 0 Å². The van der Waals surface area contributed by atoms with Crippen molar-refractivity contribution in [3.8, 4) is 0 Å². The Kier molecular flexibility index (Phi) is 5.78. The number of nitrogens with zero attached hydrogens (tertiary/aromatic N) is 2. The normalized spacial score (nSPS) is 31.9. The highest BCUT2D eigenvalue weighted by atomic mass is 16.2. The molecule has 2 amide bonds. The standard InChI is InChI=1S/C20H30N2O4/c1-13(23)17-5-3-11-21(17)19(25)15-7-9-16(10-8-15)20(26)22-12-4-6-18(22)14(2)24/h15-18H,3-12H2,1-2H3/t15-,16-,17-,18-/m0/s1. The average Bonchev–Trinajstić information content (AvgIpc) is 3.29. The van der Waals surface area contributed by atoms with E-state index in [-0.39, 0.29) is 47.3 Å². The molecule has 3 fully saturated rings. The van der Waals surface area contributed by atoms with Gasteiger partial charge in [-0.1, -0.05) is 0 Å². The van der Waals surface area contributed by atoms with Gasteiger partial charge in [-0.15, -0.1) is 0 Å². The Labute approximate surface area is 155 Å². The number of carbonyl (C=O) groups excluding carboxylic acids is 4. The second-order valence-corrected chi connectivity index (χ2v) is 8.15. The number of hydrogen-bond acceptors (Lipinski definition) is 4. The summed E-state index contributed by atoms with van der Waals surface area (Å²) < 4.78 is 0. The second-order valence-electron chi connectivity index (χ2n) is 8.15. The second kappa shape index (κ2) is 7.89. The van der Waals surface area contributed by atoms with Crippen LogP contribution in [0.2, 0.25) is 0 Å². The summed E-state index contributed by atoms with van der Waals surface area (Å²) in [5.74, 6) is 0.197. The fourth-order valence-electron chi connectivity index (χ4n) is 4.96. The number of ketones is 2. The van der Waals surface area contributed by atoms with Gasteiger partial charge in [0, 0.05) is 24.9 Å². The van der Waals surface area contributed by atoms with Crippen LogP contribution in [0.3, 0.4) is 0 Å². The van der Waals surface area contributed by atoms with Crippen LogP contribution in [0.1, 0.15) is 65.2 Å². The van der Waals surface area contributed by atoms with E-state index in [9.17, 15) is 19.2 Å². The van der Waals surface area contributed by atoms with Crippen LogP contribution in [-0.4, -0.2) is 58.4 Å². The van der Waals surface area contributed by atoms with Crippen molar-refractivity contribution < 1.29 is 19.2 Å². The fourth-order valence-corrected chi connectivity index (χ4v) is 4.96. The predicted octanol–water partition coefficient (Wildman–Crippen LogP) is 1.95. The fraction of sp³-hybridized carbons (Fsp3) is 0.800. The third kappa shape index (κ3) is 3.69. The molecule has 1 aliphatic carbocycles. The Morgan fingerprint density at radius 1 is 0.615 bits per heavy atom. The molecule has 0 bridgehead atoms. The maximum absolute atomic E-state index is 12.8. The summed E-state index contributed by atoms with van der Waals surface area (Å²) in [4.78, 5) is 52.7. The minimum absolute atomic E-state index is 0.0683. The van der Waals surface area contributed by atoms with Gasteiger partial charge in [0.2, 0.25) is 11.8 Å². The monoisotopic (exact) mass is 362 g/mol. The Morgan fingerprint density at radius 3 is 1.27 bits per heavy atom. The van der Waals surface area contributed by atoms with Gasteiger partial charge in [-0.05, 0) is 65.2 Å². The molecule has 0 aromatic carbocycles. The van der Waals surface area contributed by atoms with Crippen LogP contribution in [-0.2, 0) is 19.2 Å². The van der Waals surface area contributed by atoms with E-state index < -0.39 is 0 Å². The Bertz CT molecular complexity index is 543. The number of Topliss-reactive ketones (excluding diaryl/α,β-unsaturated/α-hetero) is 2. The Morgan fingerprint density at radius 2 is 0.962 bits per heavy atom. The molecule has 0 unspecified atom stereocenters. The lowest BCUT2D eigenvalue weighted by atomic mass is 9.80. The third-order valence-corrected chi connectivity index (χ3v) is 6.44. The van der Waals surface area contributed by atoms with E-state index in [1.54, 1.807) is 23.6 Å². The van der Waals surface area contributed by atoms with Crippen LogP contribution in [0.15, 0.2) is 0 Å². The van der Waals surface area contributed by atoms with Crippen LogP contribution in [0.5, 0.6) is 0 Å². The first-order chi connectivity index (χ1) is 12.4. The lowest BCUT2D eigenvalue weighted by Crippen LogP contribution is -2.46. The van der Waals surface area contributed by atoms with Crippen LogP contribution in [0.4, 0.5) is 0 Å². The van der Waals surface area contributed by atoms with Crippen molar-refractivity contribution in [3.63, 3.8) is 0 Å². The van der Waals surface area contributed by atoms with Gasteiger partial charge < -0.3 is 9.80 Å². The Hall–Kier alpha value is -1.72. The Balaban J connectivity index is 1.55. The molecule has 2 saturated heterocycles. The zero-order chi connectivity index (χ0) is 18.8. The number of rotatable bonds is 4. The SMILES string of the molecule is CC(=O)[C@@H]1CCCN1C(=O)[C@H]1CC[C@H](C(=O)N2CCC[C@H]2C(C)=O)CC1. The van der Waals surface area contributed by atoms with Crippen LogP contribution in [0, 0.1) is 11.8 Å². The van der Waals surface area contributed by atoms with Gasteiger partial charge in [-0.25, -0.2) is 0 Å². The summed E-state index contributed by atoms with van der Waals surface area (Å²) in [6.07, 6.45) is 6.15. The summed E-state index contributed by atoms with van der Waals surface area (Å²) in [7, 11) is 0. The topological polar surface area (TPSA) is 74.8 Å². The average molecular weight is 362 g/mol. The largest absolute Gasteiger partial charge is 0.332 e. The lowest BCUT2D eigenvalue weighted by Gasteiger charge is -2.34. The number of amides is 2. The molecule has 0 N–H and O–H groups in total. The van der Waals surface area contributed by atoms with Crippen molar-refractivity contribution in [1.29, 1.82) is 0 Å². The van der Waals surface area contributed by atoms with E-state index in [1.165, 1.54) is 0 Å². The summed E-state index contributed by atoms with van der Waals surface area (Å²) in [6, 6.07) is -0.495. The lowest BCUT2D eigenvalue weighted by molar-refractivity contribution is -0.145. The number of hydrogen-bond donors (Lipinski definition) is 0. The molecule has 26 heavy (non-hydrogen) atoms. The van der Waals surface area contributed by atoms with Gasteiger partial charge in [-0.2, -0.15) is 0 Å². The molecule has 2 aliphatic heterocycles. The quantitative estimate of drug-likeness (QED) is 0.766. The molecule has 3 aliphatic rings. The van der Waals surface area contributed by atoms with Gasteiger partial charge in [0.15, 0.2) is 11.6 Å². The maximum Gasteiger partial charge on any atom is 0.226 e. The van der Waals surface area contributed by atoms with Gasteiger partial charge in [0.25, 0.3) is 0 Å². The van der Waals surface area contributed by atoms with Crippen molar-refractivity contribution >= 4 is 23.4 Å². The molecule has 1 saturated carbocycles. The van der Waals surface area contributed by atoms with E-state index in [4.69, 9.17) is 0 Å². The van der Waals surface area contributed by atoms with Crippen molar-refractivity contribution in [1.82, 2.24) is 9.80 Å². The number of carbonyl (C=O) groups is 4. The van der Waals surface area contributed by atoms with Gasteiger partial charge in [0.05, 0.1) is 12.1 Å². The van der Waals surface area contributed by atoms with E-state index >= 15 is 0 Å². The highest BCUT2D eigenvalue weighted by molar-refractivity contribution is 5.90. The highest BCUT2D eigenvalue weighted by Crippen LogP contribution is 2.34. The zero-order valence-corrected chi connectivity index (χ0v) is 15.9. The van der Waals surface area contributed by atoms with E-state index in [0.29, 0.717) is 38.8 Å². The number of likely N-dealkylation sites (tertiary alicyclic amines) is 2. The van der Waals surface area contributed by atoms with Gasteiger partial charge in [-0.3, -0.25) is 19.2 Å². The molecule has 0 radical (unpaired) electrons. The minimum Gasteiger partial charge on any atom is -0.332 e. The van der Waals surface area contributed by atoms with Crippen molar-refractivity contribution in [2.45, 2.75) is 77.3 Å². The first kappa shape index (κ1) is 19.1. The van der Waals surface area contributed by atoms with Crippen LogP contribution < -0.4 is 0 Å². The molecule has 0 spiro atoms. The van der Waals surface area contributed by atoms with E-state index in [2.05, 4.69) is 0 Å². The zero-order valence-electron chi connectivity index (χ0n) is 15.9. The summed E-state index contributed by atoms with van der Waals surface area (Å²) in [5.41, 5.74) is 0. The molecule has 0 aromatic heterocycles. The van der Waals surface area contributed by atoms with Crippen LogP contribution in [0.25, 0.3) is 0 Å². The molecular weight excluding hydrogens is 332 g/mol. The molecule has 3 rings (SSSR count). The molecule has 144 valence electrons. The van der Waals surface area contributed by atoms with E-state index in [1.807, 2.05) is 0 Å². The summed E-state index contributed by atoms with van der Waals surface area (Å²) in [6.45, 7) is 4.48. The van der Waals surface area contributed by atoms with Gasteiger partial charge in [0.1, 0.15) is 0 Å². The smallest absolute Gasteiger partial charge is 0.226 e. The summed E-state index contributed by atoms with van der Waals surface area (Å²) in [5, 5.41) is 0. The first-order valence-electron chi connectivity index (χ1n) is 10.0. The van der Waals surface area contributed by atoms with E-state index in [0.717, 1.165) is 25.7 Å². The molecule has 2 atom stereocenters. The minimum atomic E-state index is -0.247. The molecule has 0 aromatic rings. The predicted molar refractivity (Wildman–Crippen MR) is 96.3 cm³/mol. The summed E-state index contributed by atoms with van der Waals surface area (Å²) >= 11 is 0. The first-order valence-corrected chi connectivity index (χ1v) is 10.0. The molecule has 6 heteroatoms. The van der Waals surface area contributed by atoms with Crippen molar-refractivity contribution in [2.24, 2.45) is 11.8 Å². The van der Waals surface area contributed by atoms with Crippen molar-refractivity contribution in [3.05, 3.63) is 0 Å². The van der Waals surface area contributed by atoms with Crippen molar-refractivity contribution in [2.75, 3.05) is 13.1 Å². The molecular formula is C20H30N2O4.